The monoisotopic (exact) mass is 496 g/mol. The molecule has 0 bridgehead atoms. The molecule has 0 radical (unpaired) electrons. The lowest BCUT2D eigenvalue weighted by atomic mass is 10.1. The van der Waals surface area contributed by atoms with Crippen LogP contribution < -0.4 is 10.6 Å². The Bertz CT molecular complexity index is 1680. The van der Waals surface area contributed by atoms with Gasteiger partial charge in [-0.2, -0.15) is 0 Å². The number of carbonyl (C=O) groups excluding carboxylic acids is 2. The molecule has 0 aliphatic rings. The van der Waals surface area contributed by atoms with Crippen molar-refractivity contribution in [1.82, 2.24) is 9.97 Å². The van der Waals surface area contributed by atoms with Gasteiger partial charge in [0.2, 0.25) is 0 Å². The first kappa shape index (κ1) is 23.2. The highest BCUT2D eigenvalue weighted by molar-refractivity contribution is 6.08. The van der Waals surface area contributed by atoms with Gasteiger partial charge in [-0.05, 0) is 60.7 Å². The minimum absolute atomic E-state index is 0.164. The van der Waals surface area contributed by atoms with Crippen molar-refractivity contribution in [3.05, 3.63) is 90.0 Å². The van der Waals surface area contributed by atoms with Gasteiger partial charge in [0.1, 0.15) is 5.82 Å². The maximum atomic E-state index is 12.7. The second kappa shape index (κ2) is 9.27. The zero-order valence-electron chi connectivity index (χ0n) is 19.1. The lowest BCUT2D eigenvalue weighted by Gasteiger charge is -2.08. The number of rotatable bonds is 5. The molecular formula is C27H20N4O6. The van der Waals surface area contributed by atoms with Crippen LogP contribution in [0.4, 0.5) is 11.4 Å². The number of aromatic amines is 1. The fourth-order valence-corrected chi connectivity index (χ4v) is 3.74. The van der Waals surface area contributed by atoms with E-state index in [0.29, 0.717) is 33.8 Å². The van der Waals surface area contributed by atoms with Crippen LogP contribution in [0.25, 0.3) is 22.4 Å². The van der Waals surface area contributed by atoms with Crippen LogP contribution in [0.1, 0.15) is 20.7 Å². The van der Waals surface area contributed by atoms with Crippen molar-refractivity contribution in [3.8, 4) is 34.4 Å². The van der Waals surface area contributed by atoms with Crippen LogP contribution >= 0.6 is 0 Å². The van der Waals surface area contributed by atoms with E-state index in [9.17, 15) is 30.0 Å². The molecular weight excluding hydrogens is 476 g/mol. The quantitative estimate of drug-likeness (QED) is 0.175. The Morgan fingerprint density at radius 1 is 0.676 bits per heavy atom. The van der Waals surface area contributed by atoms with E-state index in [0.717, 1.165) is 0 Å². The van der Waals surface area contributed by atoms with Crippen LogP contribution in [0.5, 0.6) is 23.0 Å². The first-order chi connectivity index (χ1) is 17.8. The minimum atomic E-state index is -0.482. The number of nitrogens with zero attached hydrogens (tertiary/aromatic N) is 1. The van der Waals surface area contributed by atoms with E-state index in [1.165, 1.54) is 36.4 Å². The molecule has 10 heteroatoms. The summed E-state index contributed by atoms with van der Waals surface area (Å²) in [6.45, 7) is 0. The summed E-state index contributed by atoms with van der Waals surface area (Å²) in [5.74, 6) is -1.89. The molecule has 10 nitrogen and oxygen atoms in total. The molecule has 37 heavy (non-hydrogen) atoms. The number of para-hydroxylation sites is 1. The predicted octanol–water partition coefficient (Wildman–Crippen LogP) is 4.56. The van der Waals surface area contributed by atoms with Crippen molar-refractivity contribution in [2.45, 2.75) is 0 Å². The molecule has 5 aromatic rings. The van der Waals surface area contributed by atoms with Gasteiger partial charge in [0, 0.05) is 22.4 Å². The molecule has 1 aromatic heterocycles. The number of hydrogen-bond donors (Lipinski definition) is 7. The fourth-order valence-electron chi connectivity index (χ4n) is 3.74. The highest BCUT2D eigenvalue weighted by Gasteiger charge is 2.15. The Morgan fingerprint density at radius 3 is 1.95 bits per heavy atom. The molecule has 0 atom stereocenters. The van der Waals surface area contributed by atoms with Gasteiger partial charge >= 0.3 is 0 Å². The topological polar surface area (TPSA) is 168 Å². The summed E-state index contributed by atoms with van der Waals surface area (Å²) in [4.78, 5) is 33.1. The van der Waals surface area contributed by atoms with Crippen LogP contribution in [-0.2, 0) is 0 Å². The maximum absolute atomic E-state index is 12.7. The first-order valence-corrected chi connectivity index (χ1v) is 11.0. The standard InChI is InChI=1S/C27H20N4O6/c32-20-9-7-15(12-22(20)34)26(36)28-17-4-1-3-14(11-17)25-29-18-5-2-6-19(24(18)31-25)30-27(37)16-8-10-21(33)23(35)13-16/h1-13,32-35H,(H,28,36)(H,29,31)(H,30,37). The van der Waals surface area contributed by atoms with Crippen LogP contribution in [0, 0.1) is 0 Å². The Hall–Kier alpha value is -5.51. The van der Waals surface area contributed by atoms with Gasteiger partial charge in [-0.1, -0.05) is 18.2 Å². The van der Waals surface area contributed by atoms with Crippen LogP contribution in [0.15, 0.2) is 78.9 Å². The zero-order chi connectivity index (χ0) is 26.1. The summed E-state index contributed by atoms with van der Waals surface area (Å²) in [6.07, 6.45) is 0. The summed E-state index contributed by atoms with van der Waals surface area (Å²) < 4.78 is 0. The number of anilines is 2. The Morgan fingerprint density at radius 2 is 1.30 bits per heavy atom. The highest BCUT2D eigenvalue weighted by atomic mass is 16.3. The normalized spacial score (nSPS) is 10.8. The molecule has 0 spiro atoms. The highest BCUT2D eigenvalue weighted by Crippen LogP contribution is 2.30. The van der Waals surface area contributed by atoms with Gasteiger partial charge in [-0.3, -0.25) is 9.59 Å². The van der Waals surface area contributed by atoms with E-state index in [1.54, 1.807) is 42.5 Å². The molecule has 7 N–H and O–H groups in total. The summed E-state index contributed by atoms with van der Waals surface area (Å²) in [5, 5.41) is 43.8. The van der Waals surface area contributed by atoms with Gasteiger partial charge < -0.3 is 36.0 Å². The number of nitrogens with one attached hydrogen (secondary N) is 3. The zero-order valence-corrected chi connectivity index (χ0v) is 19.1. The van der Waals surface area contributed by atoms with Crippen molar-refractivity contribution < 1.29 is 30.0 Å². The third-order valence-corrected chi connectivity index (χ3v) is 5.64. The SMILES string of the molecule is O=C(Nc1cccc(-c2nc3cccc(NC(=O)c4ccc(O)c(O)c4)c3[nH]2)c1)c1ccc(O)c(O)c1. The number of fused-ring (bicyclic) bond motifs is 1. The number of aromatic nitrogens is 2. The molecule has 0 fully saturated rings. The predicted molar refractivity (Wildman–Crippen MR) is 137 cm³/mol. The van der Waals surface area contributed by atoms with Crippen molar-refractivity contribution >= 4 is 34.2 Å². The number of phenols is 4. The first-order valence-electron chi connectivity index (χ1n) is 11.0. The van der Waals surface area contributed by atoms with Crippen LogP contribution in [0.3, 0.4) is 0 Å². The molecule has 184 valence electrons. The summed E-state index contributed by atoms with van der Waals surface area (Å²) >= 11 is 0. The van der Waals surface area contributed by atoms with E-state index < -0.39 is 23.3 Å². The van der Waals surface area contributed by atoms with E-state index >= 15 is 0 Å². The van der Waals surface area contributed by atoms with Crippen LogP contribution in [-0.4, -0.2) is 42.2 Å². The summed E-state index contributed by atoms with van der Waals surface area (Å²) in [6, 6.07) is 19.8. The molecule has 5 rings (SSSR count). The fraction of sp³-hybridized carbons (Fsp3) is 0. The van der Waals surface area contributed by atoms with E-state index in [2.05, 4.69) is 20.6 Å². The van der Waals surface area contributed by atoms with Crippen molar-refractivity contribution in [3.63, 3.8) is 0 Å². The summed E-state index contributed by atoms with van der Waals surface area (Å²) in [7, 11) is 0. The number of aromatic hydroxyl groups is 4. The lowest BCUT2D eigenvalue weighted by molar-refractivity contribution is 0.101. The molecule has 4 aromatic carbocycles. The summed E-state index contributed by atoms with van der Waals surface area (Å²) in [5.41, 5.74) is 3.12. The Labute approximate surface area is 209 Å². The lowest BCUT2D eigenvalue weighted by Crippen LogP contribution is -2.12. The van der Waals surface area contributed by atoms with Gasteiger partial charge in [-0.15, -0.1) is 0 Å². The molecule has 0 saturated carbocycles. The Kier molecular flexibility index (Phi) is 5.82. The van der Waals surface area contributed by atoms with Crippen molar-refractivity contribution in [2.24, 2.45) is 0 Å². The average Bonchev–Trinajstić information content (AvgIpc) is 3.33. The second-order valence-electron chi connectivity index (χ2n) is 8.18. The van der Waals surface area contributed by atoms with Crippen molar-refractivity contribution in [1.29, 1.82) is 0 Å². The number of amides is 2. The largest absolute Gasteiger partial charge is 0.504 e. The minimum Gasteiger partial charge on any atom is -0.504 e. The van der Waals surface area contributed by atoms with Gasteiger partial charge in [0.25, 0.3) is 11.8 Å². The number of benzene rings is 4. The van der Waals surface area contributed by atoms with Gasteiger partial charge in [0.05, 0.1) is 16.7 Å². The maximum Gasteiger partial charge on any atom is 0.255 e. The number of phenolic OH excluding ortho intramolecular Hbond substituents is 4. The third kappa shape index (κ3) is 4.71. The van der Waals surface area contributed by atoms with Gasteiger partial charge in [0.15, 0.2) is 23.0 Å². The van der Waals surface area contributed by atoms with E-state index in [-0.39, 0.29) is 22.6 Å². The molecule has 0 aliphatic carbocycles. The third-order valence-electron chi connectivity index (χ3n) is 5.64. The number of hydrogen-bond acceptors (Lipinski definition) is 7. The van der Waals surface area contributed by atoms with Crippen LogP contribution in [0.2, 0.25) is 0 Å². The number of H-pyrrole nitrogens is 1. The van der Waals surface area contributed by atoms with Crippen molar-refractivity contribution in [2.75, 3.05) is 10.6 Å². The molecule has 1 heterocycles. The van der Waals surface area contributed by atoms with E-state index in [4.69, 9.17) is 0 Å². The molecule has 0 saturated heterocycles. The molecule has 0 unspecified atom stereocenters. The number of imidazole rings is 1. The Balaban J connectivity index is 1.40. The van der Waals surface area contributed by atoms with Gasteiger partial charge in [-0.25, -0.2) is 4.98 Å². The molecule has 0 aliphatic heterocycles. The second-order valence-corrected chi connectivity index (χ2v) is 8.18. The molecule has 2 amide bonds. The van der Waals surface area contributed by atoms with E-state index in [1.807, 2.05) is 0 Å². The average molecular weight is 496 g/mol. The number of carbonyl (C=O) groups is 2. The smallest absolute Gasteiger partial charge is 0.255 e.